The van der Waals surface area contributed by atoms with Crippen molar-refractivity contribution in [2.75, 3.05) is 17.7 Å². The van der Waals surface area contributed by atoms with Crippen LogP contribution in [0.25, 0.3) is 0 Å². The molecule has 0 saturated carbocycles. The van der Waals surface area contributed by atoms with Crippen molar-refractivity contribution >= 4 is 23.2 Å². The van der Waals surface area contributed by atoms with E-state index in [0.29, 0.717) is 34.7 Å². The van der Waals surface area contributed by atoms with E-state index in [1.54, 1.807) is 25.3 Å². The third-order valence-electron chi connectivity index (χ3n) is 4.58. The number of ether oxygens (including phenoxy) is 1. The molecule has 0 aliphatic carbocycles. The Bertz CT molecular complexity index is 1030. The van der Waals surface area contributed by atoms with Gasteiger partial charge in [0.25, 0.3) is 5.91 Å². The second-order valence-electron chi connectivity index (χ2n) is 7.22. The molecule has 0 aliphatic heterocycles. The second-order valence-corrected chi connectivity index (χ2v) is 7.22. The summed E-state index contributed by atoms with van der Waals surface area (Å²) in [5, 5.41) is 6.17. The van der Waals surface area contributed by atoms with Gasteiger partial charge in [0.1, 0.15) is 11.4 Å². The lowest BCUT2D eigenvalue weighted by atomic mass is 9.98. The van der Waals surface area contributed by atoms with Gasteiger partial charge in [0, 0.05) is 23.1 Å². The smallest absolute Gasteiger partial charge is 0.274 e. The maximum Gasteiger partial charge on any atom is 0.274 e. The number of nitrogens with zero attached hydrogens (tertiary/aromatic N) is 2. The molecular weight excluding hydrogens is 364 g/mol. The van der Waals surface area contributed by atoms with Gasteiger partial charge in [-0.05, 0) is 49.1 Å². The summed E-state index contributed by atoms with van der Waals surface area (Å²) in [6.07, 6.45) is 0. The zero-order chi connectivity index (χ0) is 21.0. The van der Waals surface area contributed by atoms with E-state index in [9.17, 15) is 4.79 Å². The van der Waals surface area contributed by atoms with E-state index in [4.69, 9.17) is 4.74 Å². The Balaban J connectivity index is 1.88. The van der Waals surface area contributed by atoms with E-state index in [-0.39, 0.29) is 5.91 Å². The highest BCUT2D eigenvalue weighted by Crippen LogP contribution is 2.29. The van der Waals surface area contributed by atoms with E-state index in [2.05, 4.69) is 40.5 Å². The lowest BCUT2D eigenvalue weighted by molar-refractivity contribution is 0.102. The third kappa shape index (κ3) is 4.90. The Morgan fingerprint density at radius 2 is 1.79 bits per heavy atom. The van der Waals surface area contributed by atoms with Gasteiger partial charge in [-0.25, -0.2) is 9.97 Å². The molecule has 150 valence electrons. The number of rotatable bonds is 6. The average Bonchev–Trinajstić information content (AvgIpc) is 2.69. The van der Waals surface area contributed by atoms with Crippen molar-refractivity contribution in [3.05, 3.63) is 71.0 Å². The molecule has 3 aromatic rings. The number of para-hydroxylation sites is 1. The summed E-state index contributed by atoms with van der Waals surface area (Å²) in [6.45, 7) is 8.17. The molecule has 0 bridgehead atoms. The van der Waals surface area contributed by atoms with Crippen LogP contribution in [0.15, 0.2) is 48.5 Å². The predicted molar refractivity (Wildman–Crippen MR) is 116 cm³/mol. The normalized spacial score (nSPS) is 10.7. The first-order valence-electron chi connectivity index (χ1n) is 9.55. The van der Waals surface area contributed by atoms with E-state index in [1.165, 1.54) is 5.56 Å². The molecule has 1 heterocycles. The van der Waals surface area contributed by atoms with Crippen molar-refractivity contribution < 1.29 is 9.53 Å². The van der Waals surface area contributed by atoms with Crippen molar-refractivity contribution in [3.8, 4) is 5.75 Å². The minimum absolute atomic E-state index is 0.294. The van der Waals surface area contributed by atoms with E-state index < -0.39 is 0 Å². The van der Waals surface area contributed by atoms with Gasteiger partial charge in [-0.1, -0.05) is 38.1 Å². The first kappa shape index (κ1) is 20.3. The molecular formula is C23H26N4O2. The van der Waals surface area contributed by atoms with Crippen molar-refractivity contribution in [1.29, 1.82) is 0 Å². The van der Waals surface area contributed by atoms with Gasteiger partial charge < -0.3 is 15.4 Å². The van der Waals surface area contributed by atoms with Crippen LogP contribution in [-0.4, -0.2) is 23.0 Å². The number of aryl methyl sites for hydroxylation is 2. The standard InChI is InChI=1S/C23H26N4O2/c1-14(2)19-11-6-8-15(3)21(19)27-23-24-16(4)12-20(26-23)22(28)25-17-9-7-10-18(13-17)29-5/h6-14H,1-5H3,(H,25,28)(H,24,26,27). The van der Waals surface area contributed by atoms with Crippen LogP contribution < -0.4 is 15.4 Å². The molecule has 6 heteroatoms. The molecule has 0 radical (unpaired) electrons. The molecule has 3 rings (SSSR count). The molecule has 2 N–H and O–H groups in total. The Labute approximate surface area is 171 Å². The molecule has 0 unspecified atom stereocenters. The monoisotopic (exact) mass is 390 g/mol. The van der Waals surface area contributed by atoms with E-state index in [0.717, 1.165) is 11.3 Å². The van der Waals surface area contributed by atoms with Crippen molar-refractivity contribution in [3.63, 3.8) is 0 Å². The lowest BCUT2D eigenvalue weighted by Gasteiger charge is -2.17. The Kier molecular flexibility index (Phi) is 6.12. The average molecular weight is 390 g/mol. The number of carbonyl (C=O) groups excluding carboxylic acids is 1. The number of hydrogen-bond donors (Lipinski definition) is 2. The fraction of sp³-hybridized carbons (Fsp3) is 0.261. The first-order valence-corrected chi connectivity index (χ1v) is 9.55. The lowest BCUT2D eigenvalue weighted by Crippen LogP contribution is -2.16. The minimum atomic E-state index is -0.305. The van der Waals surface area contributed by atoms with Crippen LogP contribution in [-0.2, 0) is 0 Å². The summed E-state index contributed by atoms with van der Waals surface area (Å²) in [7, 11) is 1.59. The number of methoxy groups -OCH3 is 1. The number of amides is 1. The quantitative estimate of drug-likeness (QED) is 0.603. The summed E-state index contributed by atoms with van der Waals surface area (Å²) in [4.78, 5) is 21.7. The number of aromatic nitrogens is 2. The summed E-state index contributed by atoms with van der Waals surface area (Å²) in [5.74, 6) is 1.11. The Morgan fingerprint density at radius 1 is 1.03 bits per heavy atom. The number of benzene rings is 2. The molecule has 29 heavy (non-hydrogen) atoms. The fourth-order valence-corrected chi connectivity index (χ4v) is 3.09. The van der Waals surface area contributed by atoms with E-state index in [1.807, 2.05) is 38.1 Å². The van der Waals surface area contributed by atoms with Gasteiger partial charge >= 0.3 is 0 Å². The maximum absolute atomic E-state index is 12.7. The molecule has 0 spiro atoms. The van der Waals surface area contributed by atoms with E-state index >= 15 is 0 Å². The van der Waals surface area contributed by atoms with Crippen LogP contribution in [0.4, 0.5) is 17.3 Å². The molecule has 0 atom stereocenters. The van der Waals surface area contributed by atoms with Gasteiger partial charge in [0.15, 0.2) is 0 Å². The van der Waals surface area contributed by atoms with Gasteiger partial charge in [0.05, 0.1) is 7.11 Å². The zero-order valence-electron chi connectivity index (χ0n) is 17.4. The molecule has 1 aromatic heterocycles. The predicted octanol–water partition coefficient (Wildman–Crippen LogP) is 5.22. The van der Waals surface area contributed by atoms with Gasteiger partial charge in [0.2, 0.25) is 5.95 Å². The fourth-order valence-electron chi connectivity index (χ4n) is 3.09. The highest BCUT2D eigenvalue weighted by atomic mass is 16.5. The van der Waals surface area contributed by atoms with Gasteiger partial charge in [-0.15, -0.1) is 0 Å². The van der Waals surface area contributed by atoms with Crippen molar-refractivity contribution in [2.24, 2.45) is 0 Å². The van der Waals surface area contributed by atoms with Gasteiger partial charge in [-0.2, -0.15) is 0 Å². The van der Waals surface area contributed by atoms with Crippen LogP contribution in [0.2, 0.25) is 0 Å². The van der Waals surface area contributed by atoms with Crippen LogP contribution in [0.5, 0.6) is 5.75 Å². The molecule has 6 nitrogen and oxygen atoms in total. The summed E-state index contributed by atoms with van der Waals surface area (Å²) < 4.78 is 5.20. The Morgan fingerprint density at radius 3 is 2.52 bits per heavy atom. The highest BCUT2D eigenvalue weighted by molar-refractivity contribution is 6.03. The molecule has 1 amide bonds. The van der Waals surface area contributed by atoms with Crippen LogP contribution in [0.3, 0.4) is 0 Å². The number of nitrogens with one attached hydrogen (secondary N) is 2. The van der Waals surface area contributed by atoms with Crippen LogP contribution >= 0.6 is 0 Å². The topological polar surface area (TPSA) is 76.1 Å². The summed E-state index contributed by atoms with van der Waals surface area (Å²) >= 11 is 0. The summed E-state index contributed by atoms with van der Waals surface area (Å²) in [6, 6.07) is 15.0. The Hall–Kier alpha value is -3.41. The first-order chi connectivity index (χ1) is 13.9. The number of hydrogen-bond acceptors (Lipinski definition) is 5. The largest absolute Gasteiger partial charge is 0.497 e. The SMILES string of the molecule is COc1cccc(NC(=O)c2cc(C)nc(Nc3c(C)cccc3C(C)C)n2)c1. The molecule has 0 saturated heterocycles. The van der Waals surface area contributed by atoms with Gasteiger partial charge in [-0.3, -0.25) is 4.79 Å². The third-order valence-corrected chi connectivity index (χ3v) is 4.58. The van der Waals surface area contributed by atoms with Crippen molar-refractivity contribution in [1.82, 2.24) is 9.97 Å². The minimum Gasteiger partial charge on any atom is -0.497 e. The summed E-state index contributed by atoms with van der Waals surface area (Å²) in [5.41, 5.74) is 4.90. The maximum atomic E-state index is 12.7. The zero-order valence-corrected chi connectivity index (χ0v) is 17.4. The van der Waals surface area contributed by atoms with Crippen LogP contribution in [0.1, 0.15) is 47.1 Å². The molecule has 0 fully saturated rings. The molecule has 2 aromatic carbocycles. The van der Waals surface area contributed by atoms with Crippen LogP contribution in [0, 0.1) is 13.8 Å². The highest BCUT2D eigenvalue weighted by Gasteiger charge is 2.14. The number of carbonyl (C=O) groups is 1. The number of anilines is 3. The second kappa shape index (κ2) is 8.73. The van der Waals surface area contributed by atoms with Crippen molar-refractivity contribution in [2.45, 2.75) is 33.6 Å². The molecule has 0 aliphatic rings.